The van der Waals surface area contributed by atoms with Crippen molar-refractivity contribution in [1.82, 2.24) is 10.6 Å². The third kappa shape index (κ3) is 8.16. The van der Waals surface area contributed by atoms with Gasteiger partial charge in [0.25, 0.3) is 5.91 Å². The Labute approximate surface area is 211 Å². The standard InChI is InChI=1S/C28H33N5O3/c1-19(2)16-25(32-26(34)18-30-22-8-4-3-5-9-22)28(36)31-17-20-12-14-21(15-13-20)27(35)33-24-11-7-6-10-23(24)29/h3-15,19,25,30H,16-18,29H2,1-2H3,(H,31,36)(H,32,34)(H,33,35)/t25-/m0/s1. The molecule has 0 aliphatic carbocycles. The lowest BCUT2D eigenvalue weighted by molar-refractivity contribution is -0.128. The van der Waals surface area contributed by atoms with Crippen LogP contribution in [0.2, 0.25) is 0 Å². The summed E-state index contributed by atoms with van der Waals surface area (Å²) < 4.78 is 0. The molecule has 0 radical (unpaired) electrons. The summed E-state index contributed by atoms with van der Waals surface area (Å²) in [5, 5.41) is 11.6. The molecule has 6 N–H and O–H groups in total. The summed E-state index contributed by atoms with van der Waals surface area (Å²) >= 11 is 0. The Bertz CT molecular complexity index is 1160. The largest absolute Gasteiger partial charge is 0.397 e. The van der Waals surface area contributed by atoms with E-state index in [-0.39, 0.29) is 36.7 Å². The van der Waals surface area contributed by atoms with Crippen molar-refractivity contribution < 1.29 is 14.4 Å². The van der Waals surface area contributed by atoms with Crippen LogP contribution in [0.3, 0.4) is 0 Å². The van der Waals surface area contributed by atoms with Crippen molar-refractivity contribution in [2.24, 2.45) is 5.92 Å². The molecule has 0 aromatic heterocycles. The van der Waals surface area contributed by atoms with Crippen LogP contribution >= 0.6 is 0 Å². The number of hydrogen-bond acceptors (Lipinski definition) is 5. The summed E-state index contributed by atoms with van der Waals surface area (Å²) in [4.78, 5) is 37.8. The molecule has 0 aliphatic rings. The van der Waals surface area contributed by atoms with Gasteiger partial charge in [-0.15, -0.1) is 0 Å². The molecule has 0 fully saturated rings. The highest BCUT2D eigenvalue weighted by Crippen LogP contribution is 2.18. The van der Waals surface area contributed by atoms with Crippen molar-refractivity contribution >= 4 is 34.8 Å². The maximum absolute atomic E-state index is 12.8. The molecular formula is C28H33N5O3. The molecule has 8 heteroatoms. The summed E-state index contributed by atoms with van der Waals surface area (Å²) in [7, 11) is 0. The number of anilines is 3. The predicted octanol–water partition coefficient (Wildman–Crippen LogP) is 3.78. The van der Waals surface area contributed by atoms with Gasteiger partial charge in [0.15, 0.2) is 0 Å². The first-order valence-corrected chi connectivity index (χ1v) is 11.9. The highest BCUT2D eigenvalue weighted by molar-refractivity contribution is 6.05. The van der Waals surface area contributed by atoms with Crippen molar-refractivity contribution in [3.05, 3.63) is 90.0 Å². The number of nitrogen functional groups attached to an aromatic ring is 1. The van der Waals surface area contributed by atoms with E-state index >= 15 is 0 Å². The van der Waals surface area contributed by atoms with E-state index in [0.29, 0.717) is 23.4 Å². The second-order valence-electron chi connectivity index (χ2n) is 8.93. The number of para-hydroxylation sites is 3. The molecular weight excluding hydrogens is 454 g/mol. The van der Waals surface area contributed by atoms with Gasteiger partial charge in [-0.05, 0) is 54.3 Å². The fourth-order valence-corrected chi connectivity index (χ4v) is 3.58. The van der Waals surface area contributed by atoms with Gasteiger partial charge < -0.3 is 27.0 Å². The van der Waals surface area contributed by atoms with E-state index in [2.05, 4.69) is 21.3 Å². The van der Waals surface area contributed by atoms with Gasteiger partial charge in [-0.3, -0.25) is 14.4 Å². The van der Waals surface area contributed by atoms with E-state index in [1.165, 1.54) is 0 Å². The van der Waals surface area contributed by atoms with Crippen molar-refractivity contribution in [3.63, 3.8) is 0 Å². The van der Waals surface area contributed by atoms with Crippen molar-refractivity contribution in [2.75, 3.05) is 22.9 Å². The number of benzene rings is 3. The van der Waals surface area contributed by atoms with E-state index in [0.717, 1.165) is 11.3 Å². The molecule has 0 heterocycles. The molecule has 3 aromatic carbocycles. The highest BCUT2D eigenvalue weighted by Gasteiger charge is 2.21. The minimum atomic E-state index is -0.642. The van der Waals surface area contributed by atoms with Gasteiger partial charge >= 0.3 is 0 Å². The zero-order chi connectivity index (χ0) is 25.9. The summed E-state index contributed by atoms with van der Waals surface area (Å²) in [6.45, 7) is 4.35. The molecule has 188 valence electrons. The quantitative estimate of drug-likeness (QED) is 0.263. The third-order valence-electron chi connectivity index (χ3n) is 5.48. The molecule has 36 heavy (non-hydrogen) atoms. The van der Waals surface area contributed by atoms with E-state index in [1.54, 1.807) is 48.5 Å². The third-order valence-corrected chi connectivity index (χ3v) is 5.48. The number of carbonyl (C=O) groups excluding carboxylic acids is 3. The fourth-order valence-electron chi connectivity index (χ4n) is 3.58. The zero-order valence-corrected chi connectivity index (χ0v) is 20.6. The summed E-state index contributed by atoms with van der Waals surface area (Å²) in [6, 6.07) is 22.8. The van der Waals surface area contributed by atoms with Crippen LogP contribution in [0.25, 0.3) is 0 Å². The minimum absolute atomic E-state index is 0.0735. The number of carbonyl (C=O) groups is 3. The van der Waals surface area contributed by atoms with Crippen molar-refractivity contribution in [2.45, 2.75) is 32.9 Å². The number of hydrogen-bond donors (Lipinski definition) is 5. The molecule has 3 aromatic rings. The van der Waals surface area contributed by atoms with Crippen LogP contribution in [-0.2, 0) is 16.1 Å². The second-order valence-corrected chi connectivity index (χ2v) is 8.93. The van der Waals surface area contributed by atoms with E-state index in [1.807, 2.05) is 44.2 Å². The second kappa shape index (κ2) is 12.9. The van der Waals surface area contributed by atoms with Crippen LogP contribution in [0.1, 0.15) is 36.2 Å². The summed E-state index contributed by atoms with van der Waals surface area (Å²) in [5.74, 6) is -0.556. The minimum Gasteiger partial charge on any atom is -0.397 e. The van der Waals surface area contributed by atoms with Crippen LogP contribution in [0.4, 0.5) is 17.1 Å². The Morgan fingerprint density at radius 2 is 1.53 bits per heavy atom. The average Bonchev–Trinajstić information content (AvgIpc) is 2.87. The maximum atomic E-state index is 12.8. The van der Waals surface area contributed by atoms with Crippen LogP contribution in [0.5, 0.6) is 0 Å². The lowest BCUT2D eigenvalue weighted by atomic mass is 10.0. The molecule has 0 spiro atoms. The van der Waals surface area contributed by atoms with Gasteiger partial charge in [0.1, 0.15) is 6.04 Å². The molecule has 1 atom stereocenters. The predicted molar refractivity (Wildman–Crippen MR) is 143 cm³/mol. The lowest BCUT2D eigenvalue weighted by Crippen LogP contribution is -2.48. The first-order chi connectivity index (χ1) is 17.3. The van der Waals surface area contributed by atoms with Crippen LogP contribution in [0, 0.1) is 5.92 Å². The molecule has 0 saturated carbocycles. The van der Waals surface area contributed by atoms with Crippen LogP contribution in [-0.4, -0.2) is 30.3 Å². The van der Waals surface area contributed by atoms with Gasteiger partial charge in [-0.1, -0.05) is 56.3 Å². The first kappa shape index (κ1) is 26.3. The smallest absolute Gasteiger partial charge is 0.255 e. The number of nitrogens with two attached hydrogens (primary N) is 1. The Kier molecular flexibility index (Phi) is 9.45. The van der Waals surface area contributed by atoms with E-state index in [9.17, 15) is 14.4 Å². The summed E-state index contributed by atoms with van der Waals surface area (Å²) in [5.41, 5.74) is 9.07. The number of amides is 3. The molecule has 8 nitrogen and oxygen atoms in total. The average molecular weight is 488 g/mol. The molecule has 0 bridgehead atoms. The Morgan fingerprint density at radius 1 is 0.861 bits per heavy atom. The highest BCUT2D eigenvalue weighted by atomic mass is 16.2. The fraction of sp³-hybridized carbons (Fsp3) is 0.250. The first-order valence-electron chi connectivity index (χ1n) is 11.9. The SMILES string of the molecule is CC(C)C[C@H](NC(=O)CNc1ccccc1)C(=O)NCc1ccc(C(=O)Nc2ccccc2N)cc1. The van der Waals surface area contributed by atoms with E-state index in [4.69, 9.17) is 5.73 Å². The molecule has 0 unspecified atom stereocenters. The van der Waals surface area contributed by atoms with Crippen molar-refractivity contribution in [3.8, 4) is 0 Å². The Morgan fingerprint density at radius 3 is 2.19 bits per heavy atom. The van der Waals surface area contributed by atoms with Gasteiger partial charge in [-0.2, -0.15) is 0 Å². The lowest BCUT2D eigenvalue weighted by Gasteiger charge is -2.20. The monoisotopic (exact) mass is 487 g/mol. The van der Waals surface area contributed by atoms with Gasteiger partial charge in [0.05, 0.1) is 17.9 Å². The van der Waals surface area contributed by atoms with Gasteiger partial charge in [-0.25, -0.2) is 0 Å². The van der Waals surface area contributed by atoms with Gasteiger partial charge in [0, 0.05) is 17.8 Å². The van der Waals surface area contributed by atoms with Gasteiger partial charge in [0.2, 0.25) is 11.8 Å². The normalized spacial score (nSPS) is 11.4. The molecule has 0 saturated heterocycles. The number of rotatable bonds is 11. The van der Waals surface area contributed by atoms with Crippen LogP contribution in [0.15, 0.2) is 78.9 Å². The van der Waals surface area contributed by atoms with Crippen molar-refractivity contribution in [1.29, 1.82) is 0 Å². The topological polar surface area (TPSA) is 125 Å². The molecule has 3 amide bonds. The Hall–Kier alpha value is -4.33. The molecule has 0 aliphatic heterocycles. The Balaban J connectivity index is 1.52. The molecule has 3 rings (SSSR count). The maximum Gasteiger partial charge on any atom is 0.255 e. The van der Waals surface area contributed by atoms with E-state index < -0.39 is 6.04 Å². The zero-order valence-electron chi connectivity index (χ0n) is 20.6. The number of nitrogens with one attached hydrogen (secondary N) is 4. The van der Waals surface area contributed by atoms with Crippen LogP contribution < -0.4 is 27.0 Å². The summed E-state index contributed by atoms with van der Waals surface area (Å²) in [6.07, 6.45) is 0.518.